The molecule has 1 saturated heterocycles. The van der Waals surface area contributed by atoms with E-state index >= 15 is 0 Å². The Bertz CT molecular complexity index is 656. The molecule has 24 heavy (non-hydrogen) atoms. The lowest BCUT2D eigenvalue weighted by Gasteiger charge is -2.32. The highest BCUT2D eigenvalue weighted by Gasteiger charge is 2.21. The van der Waals surface area contributed by atoms with Gasteiger partial charge in [0, 0.05) is 19.6 Å². The van der Waals surface area contributed by atoms with Crippen molar-refractivity contribution in [3.05, 3.63) is 41.7 Å². The smallest absolute Gasteiger partial charge is 0.147 e. The van der Waals surface area contributed by atoms with Crippen molar-refractivity contribution in [3.63, 3.8) is 0 Å². The SMILES string of the molecule is Cc1nc(C)n(CC2CCCN(CCOc3ccc(F)cc3)C2)n1. The zero-order valence-corrected chi connectivity index (χ0v) is 14.4. The number of hydrogen-bond acceptors (Lipinski definition) is 4. The van der Waals surface area contributed by atoms with Crippen molar-refractivity contribution >= 4 is 0 Å². The third-order valence-corrected chi connectivity index (χ3v) is 4.49. The van der Waals surface area contributed by atoms with Crippen molar-refractivity contribution in [2.75, 3.05) is 26.2 Å². The van der Waals surface area contributed by atoms with Crippen LogP contribution in [0.3, 0.4) is 0 Å². The number of aromatic nitrogens is 3. The molecule has 1 aromatic carbocycles. The van der Waals surface area contributed by atoms with Crippen LogP contribution in [0, 0.1) is 25.6 Å². The van der Waals surface area contributed by atoms with Crippen LogP contribution in [0.15, 0.2) is 24.3 Å². The van der Waals surface area contributed by atoms with Gasteiger partial charge in [-0.15, -0.1) is 0 Å². The summed E-state index contributed by atoms with van der Waals surface area (Å²) >= 11 is 0. The second kappa shape index (κ2) is 7.75. The van der Waals surface area contributed by atoms with E-state index in [2.05, 4.69) is 15.0 Å². The van der Waals surface area contributed by atoms with E-state index in [1.54, 1.807) is 12.1 Å². The predicted molar refractivity (Wildman–Crippen MR) is 90.6 cm³/mol. The zero-order valence-electron chi connectivity index (χ0n) is 14.4. The van der Waals surface area contributed by atoms with Gasteiger partial charge in [0.2, 0.25) is 0 Å². The maximum atomic E-state index is 12.9. The second-order valence-electron chi connectivity index (χ2n) is 6.50. The predicted octanol–water partition coefficient (Wildman–Crippen LogP) is 2.83. The van der Waals surface area contributed by atoms with Crippen LogP contribution in [0.1, 0.15) is 24.5 Å². The van der Waals surface area contributed by atoms with E-state index in [1.807, 2.05) is 18.5 Å². The molecule has 0 spiro atoms. The fourth-order valence-corrected chi connectivity index (χ4v) is 3.31. The van der Waals surface area contributed by atoms with Crippen molar-refractivity contribution in [1.82, 2.24) is 19.7 Å². The van der Waals surface area contributed by atoms with Gasteiger partial charge in [0.1, 0.15) is 29.8 Å². The fraction of sp³-hybridized carbons (Fsp3) is 0.556. The monoisotopic (exact) mass is 332 g/mol. The van der Waals surface area contributed by atoms with Crippen LogP contribution in [-0.4, -0.2) is 45.9 Å². The fourth-order valence-electron chi connectivity index (χ4n) is 3.31. The molecule has 130 valence electrons. The Balaban J connectivity index is 1.45. The van der Waals surface area contributed by atoms with Gasteiger partial charge in [0.15, 0.2) is 0 Å². The summed E-state index contributed by atoms with van der Waals surface area (Å²) in [6.07, 6.45) is 2.43. The summed E-state index contributed by atoms with van der Waals surface area (Å²) in [4.78, 5) is 6.82. The third kappa shape index (κ3) is 4.54. The summed E-state index contributed by atoms with van der Waals surface area (Å²) in [6, 6.07) is 6.19. The molecule has 0 N–H and O–H groups in total. The minimum absolute atomic E-state index is 0.236. The minimum atomic E-state index is -0.236. The van der Waals surface area contributed by atoms with E-state index in [-0.39, 0.29) is 5.82 Å². The number of rotatable bonds is 6. The summed E-state index contributed by atoms with van der Waals surface area (Å²) in [5.74, 6) is 2.92. The molecular weight excluding hydrogens is 307 g/mol. The van der Waals surface area contributed by atoms with Crippen LogP contribution in [0.5, 0.6) is 5.75 Å². The molecule has 2 aromatic rings. The lowest BCUT2D eigenvalue weighted by atomic mass is 9.98. The molecule has 0 saturated carbocycles. The summed E-state index contributed by atoms with van der Waals surface area (Å²) in [7, 11) is 0. The highest BCUT2D eigenvalue weighted by atomic mass is 19.1. The average molecular weight is 332 g/mol. The number of hydrogen-bond donors (Lipinski definition) is 0. The molecule has 1 aliphatic heterocycles. The van der Waals surface area contributed by atoms with E-state index in [0.29, 0.717) is 12.5 Å². The standard InChI is InChI=1S/C18H25FN4O/c1-14-20-15(2)23(21-14)13-16-4-3-9-22(12-16)10-11-24-18-7-5-17(19)6-8-18/h5-8,16H,3-4,9-13H2,1-2H3. The van der Waals surface area contributed by atoms with Gasteiger partial charge in [0.05, 0.1) is 0 Å². The van der Waals surface area contributed by atoms with Crippen molar-refractivity contribution in [1.29, 1.82) is 0 Å². The van der Waals surface area contributed by atoms with Crippen molar-refractivity contribution < 1.29 is 9.13 Å². The molecule has 1 fully saturated rings. The molecule has 1 aliphatic rings. The number of nitrogens with zero attached hydrogens (tertiary/aromatic N) is 4. The van der Waals surface area contributed by atoms with Crippen molar-refractivity contribution in [2.45, 2.75) is 33.2 Å². The Labute approximate surface area is 142 Å². The Kier molecular flexibility index (Phi) is 5.45. The van der Waals surface area contributed by atoms with Crippen LogP contribution in [0.2, 0.25) is 0 Å². The van der Waals surface area contributed by atoms with Gasteiger partial charge in [0.25, 0.3) is 0 Å². The van der Waals surface area contributed by atoms with E-state index in [9.17, 15) is 4.39 Å². The first-order chi connectivity index (χ1) is 11.6. The number of likely N-dealkylation sites (tertiary alicyclic amines) is 1. The highest BCUT2D eigenvalue weighted by molar-refractivity contribution is 5.21. The number of halogens is 1. The second-order valence-corrected chi connectivity index (χ2v) is 6.50. The van der Waals surface area contributed by atoms with Crippen LogP contribution in [0.4, 0.5) is 4.39 Å². The largest absolute Gasteiger partial charge is 0.492 e. The summed E-state index contributed by atoms with van der Waals surface area (Å²) < 4.78 is 20.6. The summed E-state index contributed by atoms with van der Waals surface area (Å²) in [6.45, 7) is 8.56. The lowest BCUT2D eigenvalue weighted by Crippen LogP contribution is -2.39. The van der Waals surface area contributed by atoms with Gasteiger partial charge in [-0.05, 0) is 63.4 Å². The Morgan fingerprint density at radius 1 is 1.25 bits per heavy atom. The Morgan fingerprint density at radius 3 is 2.75 bits per heavy atom. The van der Waals surface area contributed by atoms with E-state index in [1.165, 1.54) is 25.0 Å². The van der Waals surface area contributed by atoms with Gasteiger partial charge in [-0.3, -0.25) is 4.90 Å². The first-order valence-electron chi connectivity index (χ1n) is 8.59. The Morgan fingerprint density at radius 2 is 2.04 bits per heavy atom. The maximum absolute atomic E-state index is 12.9. The van der Waals surface area contributed by atoms with Gasteiger partial charge < -0.3 is 4.74 Å². The van der Waals surface area contributed by atoms with Gasteiger partial charge in [-0.1, -0.05) is 0 Å². The highest BCUT2D eigenvalue weighted by Crippen LogP contribution is 2.19. The molecule has 1 unspecified atom stereocenters. The van der Waals surface area contributed by atoms with Crippen LogP contribution < -0.4 is 4.74 Å². The van der Waals surface area contributed by atoms with E-state index in [0.717, 1.165) is 43.6 Å². The number of aryl methyl sites for hydroxylation is 2. The molecule has 0 radical (unpaired) electrons. The molecule has 1 aromatic heterocycles. The van der Waals surface area contributed by atoms with E-state index < -0.39 is 0 Å². The average Bonchev–Trinajstić information content (AvgIpc) is 2.87. The quantitative estimate of drug-likeness (QED) is 0.816. The number of ether oxygens (including phenoxy) is 1. The minimum Gasteiger partial charge on any atom is -0.492 e. The first-order valence-corrected chi connectivity index (χ1v) is 8.59. The summed E-state index contributed by atoms with van der Waals surface area (Å²) in [5.41, 5.74) is 0. The molecule has 0 bridgehead atoms. The number of piperidine rings is 1. The molecule has 3 rings (SSSR count). The van der Waals surface area contributed by atoms with Crippen LogP contribution in [-0.2, 0) is 6.54 Å². The zero-order chi connectivity index (χ0) is 16.9. The van der Waals surface area contributed by atoms with Crippen LogP contribution >= 0.6 is 0 Å². The van der Waals surface area contributed by atoms with Gasteiger partial charge in [-0.25, -0.2) is 14.1 Å². The van der Waals surface area contributed by atoms with E-state index in [4.69, 9.17) is 4.74 Å². The number of benzene rings is 1. The maximum Gasteiger partial charge on any atom is 0.147 e. The molecule has 5 nitrogen and oxygen atoms in total. The molecule has 6 heteroatoms. The van der Waals surface area contributed by atoms with Crippen molar-refractivity contribution in [3.8, 4) is 5.75 Å². The Hall–Kier alpha value is -1.95. The normalized spacial score (nSPS) is 18.7. The third-order valence-electron chi connectivity index (χ3n) is 4.49. The molecule has 1 atom stereocenters. The van der Waals surface area contributed by atoms with Gasteiger partial charge in [-0.2, -0.15) is 5.10 Å². The molecule has 2 heterocycles. The molecule has 0 aliphatic carbocycles. The lowest BCUT2D eigenvalue weighted by molar-refractivity contribution is 0.136. The van der Waals surface area contributed by atoms with Gasteiger partial charge >= 0.3 is 0 Å². The molecule has 0 amide bonds. The first kappa shape index (κ1) is 16.9. The summed E-state index contributed by atoms with van der Waals surface area (Å²) in [5, 5.41) is 4.47. The topological polar surface area (TPSA) is 43.2 Å². The van der Waals surface area contributed by atoms with Crippen LogP contribution in [0.25, 0.3) is 0 Å². The molecular formula is C18H25FN4O. The van der Waals surface area contributed by atoms with Crippen molar-refractivity contribution in [2.24, 2.45) is 5.92 Å².